The van der Waals surface area contributed by atoms with Crippen LogP contribution in [0.5, 0.6) is 0 Å². The second-order valence-electron chi connectivity index (χ2n) is 4.40. The van der Waals surface area contributed by atoms with Crippen LogP contribution in [0.1, 0.15) is 19.0 Å². The van der Waals surface area contributed by atoms with Crippen LogP contribution < -0.4 is 4.73 Å². The Morgan fingerprint density at radius 1 is 1.20 bits per heavy atom. The van der Waals surface area contributed by atoms with E-state index in [1.54, 1.807) is 13.0 Å². The molecule has 0 atom stereocenters. The first kappa shape index (κ1) is 14.1. The molecule has 0 bridgehead atoms. The van der Waals surface area contributed by atoms with Crippen molar-refractivity contribution in [3.05, 3.63) is 59.6 Å². The van der Waals surface area contributed by atoms with E-state index in [9.17, 15) is 10.0 Å². The Morgan fingerprint density at radius 2 is 1.95 bits per heavy atom. The molecule has 0 aliphatic heterocycles. The summed E-state index contributed by atoms with van der Waals surface area (Å²) in [6.07, 6.45) is 2.07. The van der Waals surface area contributed by atoms with Gasteiger partial charge in [-0.25, -0.2) is 0 Å². The number of carbonyl (C=O) groups is 1. The second kappa shape index (κ2) is 6.70. The number of nitrogens with zero attached hydrogens (tertiary/aromatic N) is 1. The fraction of sp³-hybridized carbons (Fsp3) is 0.250. The van der Waals surface area contributed by atoms with E-state index in [0.717, 1.165) is 15.9 Å². The van der Waals surface area contributed by atoms with Crippen molar-refractivity contribution in [1.29, 1.82) is 0 Å². The molecule has 0 saturated heterocycles. The van der Waals surface area contributed by atoms with Crippen molar-refractivity contribution in [2.75, 3.05) is 6.61 Å². The summed E-state index contributed by atoms with van der Waals surface area (Å²) < 4.78 is 5.67. The van der Waals surface area contributed by atoms with Crippen LogP contribution in [0.4, 0.5) is 0 Å². The minimum absolute atomic E-state index is 0.217. The van der Waals surface area contributed by atoms with Gasteiger partial charge in [0, 0.05) is 18.6 Å². The Balaban J connectivity index is 2.15. The third-order valence-corrected chi connectivity index (χ3v) is 2.99. The maximum Gasteiger partial charge on any atom is 0.306 e. The fourth-order valence-electron chi connectivity index (χ4n) is 1.99. The smallest absolute Gasteiger partial charge is 0.306 e. The average Bonchev–Trinajstić information content (AvgIpc) is 2.47. The quantitative estimate of drug-likeness (QED) is 0.477. The van der Waals surface area contributed by atoms with Crippen molar-refractivity contribution < 1.29 is 14.3 Å². The van der Waals surface area contributed by atoms with Gasteiger partial charge >= 0.3 is 5.97 Å². The Morgan fingerprint density at radius 3 is 2.65 bits per heavy atom. The SMILES string of the molecule is CCOC(=O)CCc1cc(-c2ccccc2)cc[n+]1[O-]. The van der Waals surface area contributed by atoms with Gasteiger partial charge in [-0.05, 0) is 18.1 Å². The van der Waals surface area contributed by atoms with Gasteiger partial charge in [-0.1, -0.05) is 30.3 Å². The van der Waals surface area contributed by atoms with Crippen LogP contribution >= 0.6 is 0 Å². The van der Waals surface area contributed by atoms with Gasteiger partial charge in [0.15, 0.2) is 11.9 Å². The van der Waals surface area contributed by atoms with Gasteiger partial charge in [-0.15, -0.1) is 0 Å². The number of rotatable bonds is 5. The molecule has 0 saturated carbocycles. The number of pyridine rings is 1. The summed E-state index contributed by atoms with van der Waals surface area (Å²) in [5.74, 6) is -0.280. The number of esters is 1. The van der Waals surface area contributed by atoms with Gasteiger partial charge in [0.1, 0.15) is 0 Å². The normalized spacial score (nSPS) is 10.2. The lowest BCUT2D eigenvalue weighted by Crippen LogP contribution is -2.31. The molecule has 0 aliphatic rings. The van der Waals surface area contributed by atoms with Crippen molar-refractivity contribution in [2.45, 2.75) is 19.8 Å². The van der Waals surface area contributed by atoms with Gasteiger partial charge in [0.2, 0.25) is 0 Å². The maximum absolute atomic E-state index is 11.7. The maximum atomic E-state index is 11.7. The highest BCUT2D eigenvalue weighted by molar-refractivity contribution is 5.69. The third-order valence-electron chi connectivity index (χ3n) is 2.99. The zero-order valence-corrected chi connectivity index (χ0v) is 11.4. The number of ether oxygens (including phenoxy) is 1. The molecule has 0 unspecified atom stereocenters. The Hall–Kier alpha value is -2.36. The van der Waals surface area contributed by atoms with E-state index in [4.69, 9.17) is 4.74 Å². The van der Waals surface area contributed by atoms with Crippen LogP contribution in [-0.4, -0.2) is 12.6 Å². The van der Waals surface area contributed by atoms with Crippen LogP contribution in [0.2, 0.25) is 0 Å². The Bertz CT molecular complexity index is 582. The number of benzene rings is 1. The number of carbonyl (C=O) groups excluding carboxylic acids is 1. The first-order valence-electron chi connectivity index (χ1n) is 6.64. The lowest BCUT2D eigenvalue weighted by molar-refractivity contribution is -0.613. The molecule has 0 aliphatic carbocycles. The number of aromatic nitrogens is 1. The molecule has 0 N–H and O–H groups in total. The minimum atomic E-state index is -0.280. The molecule has 1 aromatic heterocycles. The summed E-state index contributed by atoms with van der Waals surface area (Å²) in [7, 11) is 0. The number of aryl methyl sites for hydroxylation is 1. The fourth-order valence-corrected chi connectivity index (χ4v) is 1.99. The molecule has 104 valence electrons. The van der Waals surface area contributed by atoms with Crippen molar-refractivity contribution in [3.8, 4) is 11.1 Å². The summed E-state index contributed by atoms with van der Waals surface area (Å²) in [6.45, 7) is 2.13. The summed E-state index contributed by atoms with van der Waals surface area (Å²) in [5.41, 5.74) is 2.58. The molecule has 2 rings (SSSR count). The summed E-state index contributed by atoms with van der Waals surface area (Å²) >= 11 is 0. The van der Waals surface area contributed by atoms with E-state index >= 15 is 0 Å². The van der Waals surface area contributed by atoms with Crippen LogP contribution in [-0.2, 0) is 16.0 Å². The molecule has 4 heteroatoms. The van der Waals surface area contributed by atoms with Gasteiger partial charge in [-0.2, -0.15) is 4.73 Å². The monoisotopic (exact) mass is 271 g/mol. The van der Waals surface area contributed by atoms with Gasteiger partial charge in [-0.3, -0.25) is 4.79 Å². The van der Waals surface area contributed by atoms with E-state index in [1.807, 2.05) is 36.4 Å². The predicted octanol–water partition coefficient (Wildman–Crippen LogP) is 2.48. The molecule has 0 radical (unpaired) electrons. The molecule has 0 spiro atoms. The molecule has 1 heterocycles. The zero-order valence-electron chi connectivity index (χ0n) is 11.4. The molecule has 0 fully saturated rings. The lowest BCUT2D eigenvalue weighted by Gasteiger charge is -2.07. The predicted molar refractivity (Wildman–Crippen MR) is 75.8 cm³/mol. The summed E-state index contributed by atoms with van der Waals surface area (Å²) in [5, 5.41) is 11.7. The van der Waals surface area contributed by atoms with Crippen molar-refractivity contribution in [1.82, 2.24) is 0 Å². The first-order valence-corrected chi connectivity index (χ1v) is 6.64. The topological polar surface area (TPSA) is 53.2 Å². The molecule has 2 aromatic rings. The highest BCUT2D eigenvalue weighted by Gasteiger charge is 2.11. The minimum Gasteiger partial charge on any atom is -0.619 e. The second-order valence-corrected chi connectivity index (χ2v) is 4.40. The van der Waals surface area contributed by atoms with Crippen molar-refractivity contribution in [2.24, 2.45) is 0 Å². The molecular formula is C16H17NO3. The molecule has 20 heavy (non-hydrogen) atoms. The van der Waals surface area contributed by atoms with E-state index in [0.29, 0.717) is 18.7 Å². The van der Waals surface area contributed by atoms with Crippen LogP contribution in [0.15, 0.2) is 48.7 Å². The first-order chi connectivity index (χ1) is 9.70. The highest BCUT2D eigenvalue weighted by atomic mass is 16.5. The molecule has 1 aromatic carbocycles. The third kappa shape index (κ3) is 3.57. The van der Waals surface area contributed by atoms with Crippen molar-refractivity contribution in [3.63, 3.8) is 0 Å². The molecule has 0 amide bonds. The van der Waals surface area contributed by atoms with Gasteiger partial charge in [0.25, 0.3) is 0 Å². The van der Waals surface area contributed by atoms with Crippen LogP contribution in [0.25, 0.3) is 11.1 Å². The number of hydrogen-bond acceptors (Lipinski definition) is 3. The Labute approximate surface area is 118 Å². The van der Waals surface area contributed by atoms with Crippen LogP contribution in [0, 0.1) is 5.21 Å². The summed E-state index contributed by atoms with van der Waals surface area (Å²) in [4.78, 5) is 11.3. The number of hydrogen-bond donors (Lipinski definition) is 0. The Kier molecular flexibility index (Phi) is 4.71. The van der Waals surface area contributed by atoms with E-state index in [1.165, 1.54) is 6.20 Å². The van der Waals surface area contributed by atoms with Gasteiger partial charge < -0.3 is 9.94 Å². The average molecular weight is 271 g/mol. The standard InChI is InChI=1S/C16H17NO3/c1-2-20-16(18)9-8-15-12-14(10-11-17(15)19)13-6-4-3-5-7-13/h3-7,10-12H,2,8-9H2,1H3. The van der Waals surface area contributed by atoms with E-state index in [-0.39, 0.29) is 12.4 Å². The summed E-state index contributed by atoms with van der Waals surface area (Å²) in [6, 6.07) is 13.4. The highest BCUT2D eigenvalue weighted by Crippen LogP contribution is 2.18. The van der Waals surface area contributed by atoms with Gasteiger partial charge in [0.05, 0.1) is 13.0 Å². The van der Waals surface area contributed by atoms with Crippen molar-refractivity contribution >= 4 is 5.97 Å². The van der Waals surface area contributed by atoms with Crippen LogP contribution in [0.3, 0.4) is 0 Å². The van der Waals surface area contributed by atoms with E-state index < -0.39 is 0 Å². The molecular weight excluding hydrogens is 254 g/mol. The van der Waals surface area contributed by atoms with E-state index in [2.05, 4.69) is 0 Å². The largest absolute Gasteiger partial charge is 0.619 e. The zero-order chi connectivity index (χ0) is 14.4. The lowest BCUT2D eigenvalue weighted by atomic mass is 10.1. The molecule has 4 nitrogen and oxygen atoms in total.